The van der Waals surface area contributed by atoms with Crippen LogP contribution in [0.1, 0.15) is 23.8 Å². The Morgan fingerprint density at radius 1 is 1.59 bits per heavy atom. The number of hydrogen-bond acceptors (Lipinski definition) is 3. The lowest BCUT2D eigenvalue weighted by molar-refractivity contribution is 0.0939. The highest BCUT2D eigenvalue weighted by atomic mass is 16.3. The summed E-state index contributed by atoms with van der Waals surface area (Å²) in [5.74, 6) is -0.177. The van der Waals surface area contributed by atoms with Crippen molar-refractivity contribution in [2.24, 2.45) is 0 Å². The number of aliphatic hydroxyl groups excluding tert-OH is 1. The van der Waals surface area contributed by atoms with Crippen molar-refractivity contribution in [1.82, 2.24) is 14.7 Å². The maximum absolute atomic E-state index is 11.8. The Morgan fingerprint density at radius 2 is 2.41 bits per heavy atom. The second-order valence-corrected chi connectivity index (χ2v) is 3.97. The van der Waals surface area contributed by atoms with Crippen LogP contribution in [0.3, 0.4) is 0 Å². The fourth-order valence-electron chi connectivity index (χ4n) is 1.59. The number of fused-ring (bicyclic) bond motifs is 1. The first-order valence-corrected chi connectivity index (χ1v) is 5.57. The van der Waals surface area contributed by atoms with E-state index >= 15 is 0 Å². The number of nitrogens with zero attached hydrogens (tertiary/aromatic N) is 2. The van der Waals surface area contributed by atoms with Gasteiger partial charge in [-0.15, -0.1) is 0 Å². The minimum absolute atomic E-state index is 0.177. The minimum atomic E-state index is -0.405. The van der Waals surface area contributed by atoms with E-state index in [0.29, 0.717) is 18.7 Å². The zero-order chi connectivity index (χ0) is 12.3. The summed E-state index contributed by atoms with van der Waals surface area (Å²) < 4.78 is 1.73. The van der Waals surface area contributed by atoms with Gasteiger partial charge < -0.3 is 10.4 Å². The molecule has 1 amide bonds. The highest BCUT2D eigenvalue weighted by Gasteiger charge is 2.10. The normalized spacial score (nSPS) is 12.6. The minimum Gasteiger partial charge on any atom is -0.393 e. The van der Waals surface area contributed by atoms with Gasteiger partial charge in [-0.2, -0.15) is 0 Å². The second-order valence-electron chi connectivity index (χ2n) is 3.97. The monoisotopic (exact) mass is 233 g/mol. The van der Waals surface area contributed by atoms with E-state index in [0.717, 1.165) is 5.65 Å². The van der Waals surface area contributed by atoms with Crippen molar-refractivity contribution in [3.8, 4) is 0 Å². The number of nitrogens with one attached hydrogen (secondary N) is 1. The lowest BCUT2D eigenvalue weighted by Crippen LogP contribution is -2.27. The van der Waals surface area contributed by atoms with Crippen molar-refractivity contribution >= 4 is 11.6 Å². The number of aromatic nitrogens is 2. The first-order valence-electron chi connectivity index (χ1n) is 5.57. The number of rotatable bonds is 4. The van der Waals surface area contributed by atoms with Crippen LogP contribution in [0.2, 0.25) is 0 Å². The fourth-order valence-corrected chi connectivity index (χ4v) is 1.59. The molecule has 0 aromatic carbocycles. The van der Waals surface area contributed by atoms with Crippen LogP contribution in [0, 0.1) is 0 Å². The molecule has 2 rings (SSSR count). The Morgan fingerprint density at radius 3 is 3.18 bits per heavy atom. The van der Waals surface area contributed by atoms with E-state index in [-0.39, 0.29) is 5.91 Å². The largest absolute Gasteiger partial charge is 0.393 e. The first-order chi connectivity index (χ1) is 8.18. The van der Waals surface area contributed by atoms with E-state index in [4.69, 9.17) is 5.11 Å². The quantitative estimate of drug-likeness (QED) is 0.822. The van der Waals surface area contributed by atoms with Crippen molar-refractivity contribution in [1.29, 1.82) is 0 Å². The van der Waals surface area contributed by atoms with Gasteiger partial charge in [0.25, 0.3) is 5.91 Å². The summed E-state index contributed by atoms with van der Waals surface area (Å²) in [5, 5.41) is 11.8. The van der Waals surface area contributed by atoms with E-state index in [2.05, 4.69) is 10.3 Å². The van der Waals surface area contributed by atoms with Crippen molar-refractivity contribution in [2.45, 2.75) is 19.4 Å². The second kappa shape index (κ2) is 4.97. The van der Waals surface area contributed by atoms with Gasteiger partial charge in [0, 0.05) is 12.7 Å². The highest BCUT2D eigenvalue weighted by Crippen LogP contribution is 2.05. The van der Waals surface area contributed by atoms with Gasteiger partial charge in [-0.25, -0.2) is 4.98 Å². The topological polar surface area (TPSA) is 66.6 Å². The smallest absolute Gasteiger partial charge is 0.269 e. The molecule has 0 aliphatic heterocycles. The van der Waals surface area contributed by atoms with Crippen molar-refractivity contribution in [2.75, 3.05) is 6.54 Å². The van der Waals surface area contributed by atoms with Gasteiger partial charge in [0.2, 0.25) is 0 Å². The third-order valence-electron chi connectivity index (χ3n) is 2.50. The fraction of sp³-hybridized carbons (Fsp3) is 0.333. The molecular weight excluding hydrogens is 218 g/mol. The Hall–Kier alpha value is -1.88. The molecule has 0 fully saturated rings. The molecule has 2 aromatic heterocycles. The van der Waals surface area contributed by atoms with E-state index in [9.17, 15) is 4.79 Å². The van der Waals surface area contributed by atoms with Crippen LogP contribution in [-0.4, -0.2) is 33.0 Å². The number of carbonyl (C=O) groups is 1. The molecule has 5 heteroatoms. The van der Waals surface area contributed by atoms with Gasteiger partial charge in [0.15, 0.2) is 0 Å². The molecule has 2 aromatic rings. The van der Waals surface area contributed by atoms with Crippen LogP contribution in [0.4, 0.5) is 0 Å². The zero-order valence-corrected chi connectivity index (χ0v) is 9.63. The summed E-state index contributed by atoms with van der Waals surface area (Å²) in [6, 6.07) is 5.56. The number of imidazole rings is 1. The Kier molecular flexibility index (Phi) is 3.39. The van der Waals surface area contributed by atoms with Crippen LogP contribution in [0.15, 0.2) is 30.6 Å². The molecule has 5 nitrogen and oxygen atoms in total. The molecule has 17 heavy (non-hydrogen) atoms. The standard InChI is InChI=1S/C12H15N3O2/c1-9(16)5-6-13-12(17)10-8-14-11-4-2-3-7-15(10)11/h2-4,7-9,16H,5-6H2,1H3,(H,13,17). The van der Waals surface area contributed by atoms with E-state index in [1.54, 1.807) is 23.7 Å². The summed E-state index contributed by atoms with van der Waals surface area (Å²) >= 11 is 0. The van der Waals surface area contributed by atoms with Crippen LogP contribution < -0.4 is 5.32 Å². The lowest BCUT2D eigenvalue weighted by atomic mass is 10.3. The number of amides is 1. The molecule has 2 N–H and O–H groups in total. The van der Waals surface area contributed by atoms with Crippen molar-refractivity contribution < 1.29 is 9.90 Å². The average molecular weight is 233 g/mol. The van der Waals surface area contributed by atoms with Crippen molar-refractivity contribution in [3.63, 3.8) is 0 Å². The van der Waals surface area contributed by atoms with Crippen molar-refractivity contribution in [3.05, 3.63) is 36.3 Å². The lowest BCUT2D eigenvalue weighted by Gasteiger charge is -2.06. The van der Waals surface area contributed by atoms with Crippen LogP contribution in [0.5, 0.6) is 0 Å². The van der Waals surface area contributed by atoms with Gasteiger partial charge >= 0.3 is 0 Å². The molecule has 2 heterocycles. The number of aliphatic hydroxyl groups is 1. The molecule has 1 unspecified atom stereocenters. The molecule has 0 spiro atoms. The summed E-state index contributed by atoms with van der Waals surface area (Å²) in [7, 11) is 0. The number of hydrogen-bond donors (Lipinski definition) is 2. The van der Waals surface area contributed by atoms with Crippen LogP contribution >= 0.6 is 0 Å². The summed E-state index contributed by atoms with van der Waals surface area (Å²) in [6.45, 7) is 2.15. The Balaban J connectivity index is 2.09. The van der Waals surface area contributed by atoms with Gasteiger partial charge in [-0.1, -0.05) is 6.07 Å². The zero-order valence-electron chi connectivity index (χ0n) is 9.63. The predicted octanol–water partition coefficient (Wildman–Crippen LogP) is 0.835. The maximum Gasteiger partial charge on any atom is 0.269 e. The van der Waals surface area contributed by atoms with Gasteiger partial charge in [-0.3, -0.25) is 9.20 Å². The molecule has 0 aliphatic carbocycles. The van der Waals surface area contributed by atoms with Gasteiger partial charge in [0.1, 0.15) is 11.3 Å². The molecule has 0 saturated carbocycles. The molecule has 0 saturated heterocycles. The molecule has 0 radical (unpaired) electrons. The number of carbonyl (C=O) groups excluding carboxylic acids is 1. The summed E-state index contributed by atoms with van der Waals surface area (Å²) in [5.41, 5.74) is 1.25. The maximum atomic E-state index is 11.8. The summed E-state index contributed by atoms with van der Waals surface area (Å²) in [4.78, 5) is 16.0. The predicted molar refractivity (Wildman–Crippen MR) is 63.8 cm³/mol. The Labute approximate surface area is 99.1 Å². The first kappa shape index (κ1) is 11.6. The Bertz CT molecular complexity index is 519. The van der Waals surface area contributed by atoms with E-state index < -0.39 is 6.10 Å². The van der Waals surface area contributed by atoms with Gasteiger partial charge in [-0.05, 0) is 25.5 Å². The van der Waals surface area contributed by atoms with E-state index in [1.807, 2.05) is 18.2 Å². The molecule has 0 bridgehead atoms. The van der Waals surface area contributed by atoms with Gasteiger partial charge in [0.05, 0.1) is 12.3 Å². The number of pyridine rings is 1. The van der Waals surface area contributed by atoms with Crippen LogP contribution in [0.25, 0.3) is 5.65 Å². The van der Waals surface area contributed by atoms with Crippen LogP contribution in [-0.2, 0) is 0 Å². The van der Waals surface area contributed by atoms with E-state index in [1.165, 1.54) is 0 Å². The molecule has 90 valence electrons. The highest BCUT2D eigenvalue weighted by molar-refractivity contribution is 5.93. The molecular formula is C12H15N3O2. The average Bonchev–Trinajstić information content (AvgIpc) is 2.72. The summed E-state index contributed by atoms with van der Waals surface area (Å²) in [6.07, 6.45) is 3.49. The molecule has 0 aliphatic rings. The SMILES string of the molecule is CC(O)CCNC(=O)c1cnc2ccccn12. The third kappa shape index (κ3) is 2.62. The molecule has 1 atom stereocenters. The third-order valence-corrected chi connectivity index (χ3v) is 2.50.